The number of rotatable bonds is 9. The third kappa shape index (κ3) is 5.62. The minimum absolute atomic E-state index is 0.0621. The summed E-state index contributed by atoms with van der Waals surface area (Å²) in [6.07, 6.45) is 0.225. The first kappa shape index (κ1) is 20.6. The Kier molecular flexibility index (Phi) is 7.49. The molecule has 0 bridgehead atoms. The zero-order valence-electron chi connectivity index (χ0n) is 16.6. The first-order valence-electron chi connectivity index (χ1n) is 8.76. The number of nitrogens with one attached hydrogen (secondary N) is 1. The number of carbonyl (C=O) groups excluding carboxylic acids is 1. The van der Waals surface area contributed by atoms with E-state index in [1.165, 1.54) is 0 Å². The Morgan fingerprint density at radius 2 is 1.59 bits per heavy atom. The molecule has 2 aromatic rings. The Bertz CT molecular complexity index is 744. The van der Waals surface area contributed by atoms with Crippen LogP contribution in [0, 0.1) is 0 Å². The number of carbonyl (C=O) groups is 1. The Hall–Kier alpha value is -2.73. The fraction of sp³-hybridized carbons (Fsp3) is 0.381. The van der Waals surface area contributed by atoms with E-state index in [1.54, 1.807) is 27.4 Å². The molecule has 0 saturated heterocycles. The first-order valence-corrected chi connectivity index (χ1v) is 8.76. The minimum atomic E-state index is -0.0677. The van der Waals surface area contributed by atoms with Crippen LogP contribution in [0.3, 0.4) is 0 Å². The zero-order valence-corrected chi connectivity index (χ0v) is 16.6. The molecule has 1 N–H and O–H groups in total. The smallest absolute Gasteiger partial charge is 0.224 e. The summed E-state index contributed by atoms with van der Waals surface area (Å²) in [7, 11) is 8.82. The predicted octanol–water partition coefficient (Wildman–Crippen LogP) is 2.67. The average molecular weight is 372 g/mol. The molecular weight excluding hydrogens is 344 g/mol. The van der Waals surface area contributed by atoms with Gasteiger partial charge in [0.15, 0.2) is 0 Å². The highest BCUT2D eigenvalue weighted by molar-refractivity contribution is 5.79. The summed E-state index contributed by atoms with van der Waals surface area (Å²) in [6, 6.07) is 13.4. The molecule has 0 saturated carbocycles. The van der Waals surface area contributed by atoms with Crippen LogP contribution in [0.1, 0.15) is 17.2 Å². The van der Waals surface area contributed by atoms with E-state index in [-0.39, 0.29) is 18.4 Å². The molecule has 1 atom stereocenters. The Morgan fingerprint density at radius 3 is 2.15 bits per heavy atom. The molecule has 0 aliphatic carbocycles. The second-order valence-electron chi connectivity index (χ2n) is 6.41. The van der Waals surface area contributed by atoms with Gasteiger partial charge < -0.3 is 24.4 Å². The summed E-state index contributed by atoms with van der Waals surface area (Å²) in [5.74, 6) is 2.11. The molecule has 2 aromatic carbocycles. The van der Waals surface area contributed by atoms with Crippen LogP contribution in [-0.4, -0.2) is 52.8 Å². The molecule has 1 amide bonds. The maximum atomic E-state index is 12.5. The van der Waals surface area contributed by atoms with Gasteiger partial charge in [0.2, 0.25) is 5.91 Å². The average Bonchev–Trinajstić information content (AvgIpc) is 2.68. The SMILES string of the molecule is COc1ccc(C(CNC(=O)Cc2cc(OC)ccc2OC)N(C)C)cc1. The van der Waals surface area contributed by atoms with Gasteiger partial charge in [-0.05, 0) is 50.0 Å². The maximum Gasteiger partial charge on any atom is 0.224 e. The van der Waals surface area contributed by atoms with Gasteiger partial charge in [-0.2, -0.15) is 0 Å². The van der Waals surface area contributed by atoms with Crippen molar-refractivity contribution in [3.63, 3.8) is 0 Å². The summed E-state index contributed by atoms with van der Waals surface area (Å²) in [5, 5.41) is 3.02. The highest BCUT2D eigenvalue weighted by Crippen LogP contribution is 2.25. The van der Waals surface area contributed by atoms with E-state index in [0.717, 1.165) is 16.9 Å². The number of nitrogens with zero attached hydrogens (tertiary/aromatic N) is 1. The minimum Gasteiger partial charge on any atom is -0.497 e. The van der Waals surface area contributed by atoms with Crippen molar-refractivity contribution < 1.29 is 19.0 Å². The lowest BCUT2D eigenvalue weighted by Crippen LogP contribution is -2.35. The molecule has 6 heteroatoms. The lowest BCUT2D eigenvalue weighted by molar-refractivity contribution is -0.120. The van der Waals surface area contributed by atoms with E-state index >= 15 is 0 Å². The Labute approximate surface area is 161 Å². The Morgan fingerprint density at radius 1 is 0.963 bits per heavy atom. The van der Waals surface area contributed by atoms with E-state index in [1.807, 2.05) is 50.5 Å². The molecule has 6 nitrogen and oxygen atoms in total. The molecule has 0 aromatic heterocycles. The van der Waals surface area contributed by atoms with Crippen molar-refractivity contribution in [1.29, 1.82) is 0 Å². The van der Waals surface area contributed by atoms with Crippen LogP contribution in [-0.2, 0) is 11.2 Å². The van der Waals surface area contributed by atoms with Crippen molar-refractivity contribution in [3.8, 4) is 17.2 Å². The standard InChI is InChI=1S/C21H28N2O4/c1-23(2)19(15-6-8-17(25-3)9-7-15)14-22-21(24)13-16-12-18(26-4)10-11-20(16)27-5/h6-12,19H,13-14H2,1-5H3,(H,22,24). The first-order chi connectivity index (χ1) is 13.0. The number of ether oxygens (including phenoxy) is 3. The monoisotopic (exact) mass is 372 g/mol. The van der Waals surface area contributed by atoms with E-state index < -0.39 is 0 Å². The van der Waals surface area contributed by atoms with Crippen LogP contribution in [0.15, 0.2) is 42.5 Å². The molecule has 0 radical (unpaired) electrons. The maximum absolute atomic E-state index is 12.5. The van der Waals surface area contributed by atoms with Crippen molar-refractivity contribution in [1.82, 2.24) is 10.2 Å². The van der Waals surface area contributed by atoms with Gasteiger partial charge in [0.05, 0.1) is 33.8 Å². The van der Waals surface area contributed by atoms with Crippen LogP contribution < -0.4 is 19.5 Å². The van der Waals surface area contributed by atoms with Gasteiger partial charge in [-0.15, -0.1) is 0 Å². The zero-order chi connectivity index (χ0) is 19.8. The predicted molar refractivity (Wildman–Crippen MR) is 106 cm³/mol. The van der Waals surface area contributed by atoms with Crippen molar-refractivity contribution in [2.24, 2.45) is 0 Å². The number of likely N-dealkylation sites (N-methyl/N-ethyl adjacent to an activating group) is 1. The third-order valence-corrected chi connectivity index (χ3v) is 4.46. The number of amides is 1. The third-order valence-electron chi connectivity index (χ3n) is 4.46. The quantitative estimate of drug-likeness (QED) is 0.733. The number of benzene rings is 2. The lowest BCUT2D eigenvalue weighted by Gasteiger charge is -2.25. The largest absolute Gasteiger partial charge is 0.497 e. The van der Waals surface area contributed by atoms with Crippen LogP contribution in [0.5, 0.6) is 17.2 Å². The van der Waals surface area contributed by atoms with Gasteiger partial charge in [0.25, 0.3) is 0 Å². The molecule has 0 spiro atoms. The van der Waals surface area contributed by atoms with Gasteiger partial charge in [-0.1, -0.05) is 12.1 Å². The summed E-state index contributed by atoms with van der Waals surface area (Å²) in [6.45, 7) is 0.504. The molecule has 1 unspecified atom stereocenters. The molecule has 2 rings (SSSR count). The van der Waals surface area contributed by atoms with Crippen molar-refractivity contribution in [2.75, 3.05) is 42.0 Å². The number of hydrogen-bond acceptors (Lipinski definition) is 5. The van der Waals surface area contributed by atoms with Gasteiger partial charge in [0, 0.05) is 12.1 Å². The molecule has 27 heavy (non-hydrogen) atoms. The van der Waals surface area contributed by atoms with E-state index in [9.17, 15) is 4.79 Å². The van der Waals surface area contributed by atoms with E-state index in [4.69, 9.17) is 14.2 Å². The molecule has 0 heterocycles. The van der Waals surface area contributed by atoms with Crippen molar-refractivity contribution >= 4 is 5.91 Å². The molecule has 0 aliphatic rings. The van der Waals surface area contributed by atoms with Crippen LogP contribution in [0.25, 0.3) is 0 Å². The number of hydrogen-bond donors (Lipinski definition) is 1. The fourth-order valence-corrected chi connectivity index (χ4v) is 2.89. The summed E-state index contributed by atoms with van der Waals surface area (Å²) in [4.78, 5) is 14.6. The molecular formula is C21H28N2O4. The fourth-order valence-electron chi connectivity index (χ4n) is 2.89. The van der Waals surface area contributed by atoms with E-state index in [2.05, 4.69) is 10.2 Å². The summed E-state index contributed by atoms with van der Waals surface area (Å²) < 4.78 is 15.8. The summed E-state index contributed by atoms with van der Waals surface area (Å²) >= 11 is 0. The summed E-state index contributed by atoms with van der Waals surface area (Å²) in [5.41, 5.74) is 1.90. The van der Waals surface area contributed by atoms with Gasteiger partial charge >= 0.3 is 0 Å². The van der Waals surface area contributed by atoms with Crippen LogP contribution >= 0.6 is 0 Å². The highest BCUT2D eigenvalue weighted by atomic mass is 16.5. The van der Waals surface area contributed by atoms with Crippen LogP contribution in [0.4, 0.5) is 0 Å². The molecule has 0 aliphatic heterocycles. The number of methoxy groups -OCH3 is 3. The van der Waals surface area contributed by atoms with Gasteiger partial charge in [-0.25, -0.2) is 0 Å². The topological polar surface area (TPSA) is 60.0 Å². The lowest BCUT2D eigenvalue weighted by atomic mass is 10.1. The molecule has 146 valence electrons. The van der Waals surface area contributed by atoms with Crippen molar-refractivity contribution in [2.45, 2.75) is 12.5 Å². The van der Waals surface area contributed by atoms with Gasteiger partial charge in [-0.3, -0.25) is 4.79 Å². The normalized spacial score (nSPS) is 11.8. The van der Waals surface area contributed by atoms with Gasteiger partial charge in [0.1, 0.15) is 17.2 Å². The van der Waals surface area contributed by atoms with Crippen molar-refractivity contribution in [3.05, 3.63) is 53.6 Å². The molecule has 0 fully saturated rings. The highest BCUT2D eigenvalue weighted by Gasteiger charge is 2.16. The van der Waals surface area contributed by atoms with Crippen LogP contribution in [0.2, 0.25) is 0 Å². The Balaban J connectivity index is 2.03. The second-order valence-corrected chi connectivity index (χ2v) is 6.41. The van der Waals surface area contributed by atoms with E-state index in [0.29, 0.717) is 18.0 Å². The second kappa shape index (κ2) is 9.83.